The minimum absolute atomic E-state index is 0. The SMILES string of the molecule is CCC(CCO)CC(N)=O.CCC1CC(=O)OC(=O)C1.CCC=O.I.[B].[B].[B].[B].[B].[C-]#[N+]CC(CC)CC=O.[C-]#[N+]CC(CC)CCO. The van der Waals surface area contributed by atoms with Gasteiger partial charge >= 0.3 is 11.9 Å². The van der Waals surface area contributed by atoms with Crippen molar-refractivity contribution in [2.45, 2.75) is 105 Å². The summed E-state index contributed by atoms with van der Waals surface area (Å²) in [6.45, 7) is 24.3. The second-order valence-corrected chi connectivity index (χ2v) is 9.71. The van der Waals surface area contributed by atoms with Gasteiger partial charge in [-0.1, -0.05) is 47.5 Å². The average Bonchev–Trinajstić information content (AvgIpc) is 2.97. The molecular weight excluding hydrogens is 723 g/mol. The van der Waals surface area contributed by atoms with Crippen LogP contribution in [0.3, 0.4) is 0 Å². The number of hydrogen-bond acceptors (Lipinski definition) is 8. The summed E-state index contributed by atoms with van der Waals surface area (Å²) in [5.74, 6) is 0.162. The molecule has 1 saturated heterocycles. The van der Waals surface area contributed by atoms with Gasteiger partial charge in [0.05, 0.1) is 0 Å². The van der Waals surface area contributed by atoms with Crippen molar-refractivity contribution in [1.29, 1.82) is 0 Å². The topological polar surface area (TPSA) is 170 Å². The number of carbonyl (C=O) groups excluding carboxylic acids is 5. The molecule has 17 heteroatoms. The number of primary amides is 1. The second kappa shape index (κ2) is 57.2. The molecule has 11 nitrogen and oxygen atoms in total. The fourth-order valence-electron chi connectivity index (χ4n) is 3.33. The maximum Gasteiger partial charge on any atom is 0.313 e. The first-order valence-corrected chi connectivity index (χ1v) is 14.8. The van der Waals surface area contributed by atoms with Crippen LogP contribution in [0.4, 0.5) is 0 Å². The van der Waals surface area contributed by atoms with Crippen molar-refractivity contribution in [2.75, 3.05) is 26.3 Å². The molecule has 48 heavy (non-hydrogen) atoms. The van der Waals surface area contributed by atoms with Crippen LogP contribution < -0.4 is 5.73 Å². The molecule has 0 spiro atoms. The Morgan fingerprint density at radius 2 is 1.19 bits per heavy atom. The number of amides is 1. The van der Waals surface area contributed by atoms with Crippen LogP contribution in [0.2, 0.25) is 0 Å². The van der Waals surface area contributed by atoms with E-state index in [1.165, 1.54) is 0 Å². The van der Waals surface area contributed by atoms with E-state index < -0.39 is 0 Å². The number of ether oxygens (including phenoxy) is 1. The van der Waals surface area contributed by atoms with Crippen molar-refractivity contribution in [2.24, 2.45) is 29.4 Å². The minimum atomic E-state index is -0.372. The summed E-state index contributed by atoms with van der Waals surface area (Å²) in [4.78, 5) is 57.2. The van der Waals surface area contributed by atoms with E-state index >= 15 is 0 Å². The summed E-state index contributed by atoms with van der Waals surface area (Å²) in [5.41, 5.74) is 4.98. The van der Waals surface area contributed by atoms with Gasteiger partial charge in [-0.15, -0.1) is 24.0 Å². The van der Waals surface area contributed by atoms with Gasteiger partial charge in [-0.3, -0.25) is 14.4 Å². The van der Waals surface area contributed by atoms with Crippen molar-refractivity contribution in [3.63, 3.8) is 0 Å². The number of rotatable bonds is 15. The fourth-order valence-corrected chi connectivity index (χ4v) is 3.33. The molecule has 1 amide bonds. The minimum Gasteiger partial charge on any atom is -0.396 e. The van der Waals surface area contributed by atoms with E-state index in [2.05, 4.69) is 14.4 Å². The predicted octanol–water partition coefficient (Wildman–Crippen LogP) is 3.29. The Balaban J connectivity index is -0.0000000465. The molecule has 1 heterocycles. The van der Waals surface area contributed by atoms with E-state index in [1.807, 2.05) is 34.6 Å². The first kappa shape index (κ1) is 71.8. The fraction of sp³-hybridized carbons (Fsp3) is 0.774. The van der Waals surface area contributed by atoms with Crippen LogP contribution in [0.5, 0.6) is 0 Å². The lowest BCUT2D eigenvalue weighted by Gasteiger charge is -2.17. The maximum absolute atomic E-state index is 10.6. The molecule has 0 aliphatic carbocycles. The third-order valence-electron chi connectivity index (χ3n) is 6.31. The highest BCUT2D eigenvalue weighted by molar-refractivity contribution is 14.0. The van der Waals surface area contributed by atoms with Crippen LogP contribution in [0.15, 0.2) is 0 Å². The van der Waals surface area contributed by atoms with Gasteiger partial charge in [-0.2, -0.15) is 0 Å². The molecular formula is C31H56B5IN3O8. The Bertz CT molecular complexity index is 791. The summed E-state index contributed by atoms with van der Waals surface area (Å²) in [7, 11) is 0. The van der Waals surface area contributed by atoms with Crippen LogP contribution in [-0.2, 0) is 28.7 Å². The third-order valence-corrected chi connectivity index (χ3v) is 6.31. The summed E-state index contributed by atoms with van der Waals surface area (Å²) < 4.78 is 4.34. The smallest absolute Gasteiger partial charge is 0.313 e. The highest BCUT2D eigenvalue weighted by Crippen LogP contribution is 2.19. The lowest BCUT2D eigenvalue weighted by molar-refractivity contribution is -0.165. The highest BCUT2D eigenvalue weighted by Gasteiger charge is 2.25. The number of aliphatic hydroxyl groups is 2. The number of halogens is 1. The molecule has 3 unspecified atom stereocenters. The van der Waals surface area contributed by atoms with Crippen LogP contribution in [-0.4, -0.2) is 109 Å². The molecule has 1 aliphatic heterocycles. The molecule has 0 saturated carbocycles. The number of aliphatic hydroxyl groups excluding tert-OH is 2. The maximum atomic E-state index is 10.6. The molecule has 3 atom stereocenters. The summed E-state index contributed by atoms with van der Waals surface area (Å²) in [6, 6.07) is 0. The van der Waals surface area contributed by atoms with E-state index in [-0.39, 0.29) is 109 Å². The number of nitrogens with two attached hydrogens (primary N) is 1. The first-order chi connectivity index (χ1) is 20.0. The second-order valence-electron chi connectivity index (χ2n) is 9.71. The van der Waals surface area contributed by atoms with Crippen LogP contribution in [0.1, 0.15) is 105 Å². The largest absolute Gasteiger partial charge is 0.396 e. The van der Waals surface area contributed by atoms with E-state index in [9.17, 15) is 24.0 Å². The Kier molecular flexibility index (Phi) is 85.5. The molecule has 0 aromatic carbocycles. The van der Waals surface area contributed by atoms with Gasteiger partial charge in [-0.05, 0) is 37.5 Å². The lowest BCUT2D eigenvalue weighted by atomic mass is 9.97. The van der Waals surface area contributed by atoms with Gasteiger partial charge in [0.1, 0.15) is 12.6 Å². The Labute approximate surface area is 318 Å². The summed E-state index contributed by atoms with van der Waals surface area (Å²) in [5, 5.41) is 17.0. The monoisotopic (exact) mass is 780 g/mol. The zero-order valence-corrected chi connectivity index (χ0v) is 32.0. The number of nitrogens with zero attached hydrogens (tertiary/aromatic N) is 2. The molecule has 265 valence electrons. The Morgan fingerprint density at radius 3 is 1.46 bits per heavy atom. The van der Waals surface area contributed by atoms with Gasteiger partial charge in [0.15, 0.2) is 0 Å². The van der Waals surface area contributed by atoms with E-state index in [4.69, 9.17) is 29.1 Å². The van der Waals surface area contributed by atoms with E-state index in [0.29, 0.717) is 63.5 Å². The Morgan fingerprint density at radius 1 is 0.812 bits per heavy atom. The number of cyclic esters (lactones) is 2. The molecule has 0 aromatic rings. The first-order valence-electron chi connectivity index (χ1n) is 14.8. The standard InChI is InChI=1S/C7H15NO2.C7H13NO.C7H11NO.C7H10O3.C3H6O.5B.HI/c1-2-6(3-4-9)5-7(8)10;2*1-3-7(4-5-9)6-8-2;1-2-5-3-6(8)10-7(9)4-5;1-2-3-4;;;;;;/h6,9H,2-5H2,1H3,(H2,8,10);7,9H,3-6H2,1H3;5,7H,3-4,6H2,1H3;5H,2-4H2,1H3;3H,2H2,1H3;;;;;;1H. The van der Waals surface area contributed by atoms with Gasteiger partial charge in [0, 0.05) is 99.2 Å². The van der Waals surface area contributed by atoms with Crippen molar-refractivity contribution < 1.29 is 38.9 Å². The normalized spacial score (nSPS) is 12.2. The van der Waals surface area contributed by atoms with Crippen molar-refractivity contribution in [1.82, 2.24) is 0 Å². The summed E-state index contributed by atoms with van der Waals surface area (Å²) >= 11 is 0. The lowest BCUT2D eigenvalue weighted by Crippen LogP contribution is -2.24. The van der Waals surface area contributed by atoms with Gasteiger partial charge in [0.25, 0.3) is 0 Å². The van der Waals surface area contributed by atoms with Gasteiger partial charge < -0.3 is 40.0 Å². The van der Waals surface area contributed by atoms with Crippen molar-refractivity contribution in [3.05, 3.63) is 22.8 Å². The molecule has 4 N–H and O–H groups in total. The predicted molar refractivity (Wildman–Crippen MR) is 207 cm³/mol. The quantitative estimate of drug-likeness (QED) is 0.0569. The molecule has 15 radical (unpaired) electrons. The number of esters is 2. The molecule has 0 aromatic heterocycles. The highest BCUT2D eigenvalue weighted by atomic mass is 127. The summed E-state index contributed by atoms with van der Waals surface area (Å²) in [6.07, 6.45) is 9.33. The van der Waals surface area contributed by atoms with Crippen molar-refractivity contribution >= 4 is 96.5 Å². The van der Waals surface area contributed by atoms with Crippen LogP contribution in [0, 0.1) is 36.8 Å². The van der Waals surface area contributed by atoms with E-state index in [1.54, 1.807) is 0 Å². The molecule has 1 fully saturated rings. The zero-order valence-electron chi connectivity index (χ0n) is 29.7. The van der Waals surface area contributed by atoms with Gasteiger partial charge in [0.2, 0.25) is 19.0 Å². The van der Waals surface area contributed by atoms with E-state index in [0.717, 1.165) is 44.7 Å². The number of aldehydes is 2. The van der Waals surface area contributed by atoms with Gasteiger partial charge in [-0.25, -0.2) is 13.1 Å². The average molecular weight is 780 g/mol. The van der Waals surface area contributed by atoms with Crippen LogP contribution in [0.25, 0.3) is 9.69 Å². The van der Waals surface area contributed by atoms with Crippen molar-refractivity contribution in [3.8, 4) is 0 Å². The molecule has 1 aliphatic rings. The molecule has 0 bridgehead atoms. The van der Waals surface area contributed by atoms with Crippen LogP contribution >= 0.6 is 24.0 Å². The number of carbonyl (C=O) groups is 5. The number of hydrogen-bond donors (Lipinski definition) is 3. The zero-order chi connectivity index (χ0) is 33.2. The Hall–Kier alpha value is -2.10. The third kappa shape index (κ3) is 56.3. The molecule has 1 rings (SSSR count).